The van der Waals surface area contributed by atoms with Crippen molar-refractivity contribution in [2.24, 2.45) is 0 Å². The number of hydrogen-bond acceptors (Lipinski definition) is 3. The molecule has 0 aromatic heterocycles. The number of nitrogens with one attached hydrogen (secondary N) is 1. The third kappa shape index (κ3) is 3.52. The minimum atomic E-state index is -0.491. The summed E-state index contributed by atoms with van der Waals surface area (Å²) in [7, 11) is 3.20. The van der Waals surface area contributed by atoms with Crippen molar-refractivity contribution in [2.75, 3.05) is 19.5 Å². The van der Waals surface area contributed by atoms with Gasteiger partial charge in [0.2, 0.25) is 5.91 Å². The van der Waals surface area contributed by atoms with E-state index in [2.05, 4.69) is 21.2 Å². The minimum Gasteiger partial charge on any atom is -0.497 e. The van der Waals surface area contributed by atoms with Crippen molar-refractivity contribution < 1.29 is 14.3 Å². The highest BCUT2D eigenvalue weighted by Gasteiger charge is 2.42. The summed E-state index contributed by atoms with van der Waals surface area (Å²) in [5.41, 5.74) is 1.21. The second kappa shape index (κ2) is 7.48. The molecule has 0 aliphatic heterocycles. The molecule has 0 heterocycles. The number of methoxy groups -OCH3 is 2. The van der Waals surface area contributed by atoms with Gasteiger partial charge in [0.25, 0.3) is 0 Å². The van der Waals surface area contributed by atoms with Gasteiger partial charge in [-0.25, -0.2) is 0 Å². The van der Waals surface area contributed by atoms with Gasteiger partial charge in [-0.15, -0.1) is 0 Å². The van der Waals surface area contributed by atoms with Gasteiger partial charge in [-0.1, -0.05) is 40.9 Å². The lowest BCUT2D eigenvalue weighted by Gasteiger charge is -2.29. The van der Waals surface area contributed by atoms with Crippen LogP contribution in [0.4, 0.5) is 5.69 Å². The van der Waals surface area contributed by atoms with Crippen molar-refractivity contribution in [3.8, 4) is 11.5 Å². The zero-order valence-corrected chi connectivity index (χ0v) is 16.1. The van der Waals surface area contributed by atoms with Crippen LogP contribution in [0.3, 0.4) is 0 Å². The Labute approximate surface area is 156 Å². The summed E-state index contributed by atoms with van der Waals surface area (Å²) < 4.78 is 11.7. The first-order chi connectivity index (χ1) is 12.1. The molecule has 1 amide bonds. The summed E-state index contributed by atoms with van der Waals surface area (Å²) in [6.07, 6.45) is 3.82. The van der Waals surface area contributed by atoms with Crippen LogP contribution in [0.2, 0.25) is 0 Å². The van der Waals surface area contributed by atoms with Gasteiger partial charge in [-0.3, -0.25) is 4.79 Å². The first kappa shape index (κ1) is 17.8. The lowest BCUT2D eigenvalue weighted by molar-refractivity contribution is -0.121. The van der Waals surface area contributed by atoms with E-state index in [1.54, 1.807) is 26.4 Å². The Bertz CT molecular complexity index is 752. The Morgan fingerprint density at radius 3 is 2.32 bits per heavy atom. The van der Waals surface area contributed by atoms with E-state index in [1.165, 1.54) is 0 Å². The van der Waals surface area contributed by atoms with Gasteiger partial charge in [0.1, 0.15) is 11.5 Å². The number of carbonyl (C=O) groups excluding carboxylic acids is 1. The summed E-state index contributed by atoms with van der Waals surface area (Å²) in [6.45, 7) is 0. The predicted octanol–water partition coefficient (Wildman–Crippen LogP) is 4.92. The van der Waals surface area contributed by atoms with Crippen LogP contribution in [0.5, 0.6) is 11.5 Å². The molecule has 25 heavy (non-hydrogen) atoms. The lowest BCUT2D eigenvalue weighted by atomic mass is 9.78. The summed E-state index contributed by atoms with van der Waals surface area (Å²) >= 11 is 3.47. The molecule has 5 heteroatoms. The highest BCUT2D eigenvalue weighted by molar-refractivity contribution is 9.10. The molecule has 0 bridgehead atoms. The molecule has 1 fully saturated rings. The largest absolute Gasteiger partial charge is 0.497 e. The zero-order chi connectivity index (χ0) is 17.9. The number of halogens is 1. The van der Waals surface area contributed by atoms with Gasteiger partial charge >= 0.3 is 0 Å². The Morgan fingerprint density at radius 2 is 1.72 bits per heavy atom. The van der Waals surface area contributed by atoms with E-state index < -0.39 is 5.41 Å². The van der Waals surface area contributed by atoms with Crippen molar-refractivity contribution in [1.29, 1.82) is 0 Å². The molecule has 0 spiro atoms. The van der Waals surface area contributed by atoms with Crippen molar-refractivity contribution in [2.45, 2.75) is 31.1 Å². The van der Waals surface area contributed by atoms with Crippen LogP contribution in [-0.2, 0) is 10.2 Å². The van der Waals surface area contributed by atoms with Crippen molar-refractivity contribution in [3.63, 3.8) is 0 Å². The molecule has 0 saturated heterocycles. The topological polar surface area (TPSA) is 47.6 Å². The minimum absolute atomic E-state index is 0.0128. The van der Waals surface area contributed by atoms with Gasteiger partial charge in [0.05, 0.1) is 25.3 Å². The van der Waals surface area contributed by atoms with Gasteiger partial charge in [-0.2, -0.15) is 0 Å². The van der Waals surface area contributed by atoms with E-state index in [0.717, 1.165) is 35.7 Å². The van der Waals surface area contributed by atoms with Gasteiger partial charge in [0, 0.05) is 10.5 Å². The van der Waals surface area contributed by atoms with E-state index >= 15 is 0 Å². The molecule has 0 radical (unpaired) electrons. The second-order valence-electron chi connectivity index (χ2n) is 6.32. The summed E-state index contributed by atoms with van der Waals surface area (Å²) in [6, 6.07) is 13.5. The van der Waals surface area contributed by atoms with Crippen LogP contribution >= 0.6 is 15.9 Å². The Morgan fingerprint density at radius 1 is 1.04 bits per heavy atom. The van der Waals surface area contributed by atoms with Crippen molar-refractivity contribution in [3.05, 3.63) is 52.5 Å². The second-order valence-corrected chi connectivity index (χ2v) is 7.23. The summed E-state index contributed by atoms with van der Waals surface area (Å²) in [5.74, 6) is 1.32. The third-order valence-corrected chi connectivity index (χ3v) is 5.47. The molecular weight excluding hydrogens is 382 g/mol. The van der Waals surface area contributed by atoms with Crippen LogP contribution < -0.4 is 14.8 Å². The number of ether oxygens (including phenoxy) is 2. The Balaban J connectivity index is 1.93. The van der Waals surface area contributed by atoms with Crippen molar-refractivity contribution >= 4 is 27.5 Å². The number of anilines is 1. The van der Waals surface area contributed by atoms with Crippen LogP contribution in [0.1, 0.15) is 31.2 Å². The predicted molar refractivity (Wildman–Crippen MR) is 102 cm³/mol. The van der Waals surface area contributed by atoms with Crippen molar-refractivity contribution in [1.82, 2.24) is 0 Å². The molecule has 0 unspecified atom stereocenters. The fourth-order valence-electron chi connectivity index (χ4n) is 3.55. The number of carbonyl (C=O) groups is 1. The monoisotopic (exact) mass is 403 g/mol. The number of benzene rings is 2. The van der Waals surface area contributed by atoms with Crippen LogP contribution in [0, 0.1) is 0 Å². The number of hydrogen-bond donors (Lipinski definition) is 1. The molecule has 4 nitrogen and oxygen atoms in total. The number of amides is 1. The summed E-state index contributed by atoms with van der Waals surface area (Å²) in [5, 5.41) is 3.08. The maximum Gasteiger partial charge on any atom is 0.235 e. The molecule has 0 atom stereocenters. The van der Waals surface area contributed by atoms with E-state index in [-0.39, 0.29) is 5.91 Å². The Hall–Kier alpha value is -2.01. The smallest absolute Gasteiger partial charge is 0.235 e. The molecular formula is C20H22BrNO3. The molecule has 2 aromatic rings. The quantitative estimate of drug-likeness (QED) is 0.770. The highest BCUT2D eigenvalue weighted by atomic mass is 79.9. The van der Waals surface area contributed by atoms with Crippen LogP contribution in [0.15, 0.2) is 46.9 Å². The first-order valence-corrected chi connectivity index (χ1v) is 9.18. The average molecular weight is 404 g/mol. The van der Waals surface area contributed by atoms with Gasteiger partial charge in [0.15, 0.2) is 0 Å². The zero-order valence-electron chi connectivity index (χ0n) is 14.5. The van der Waals surface area contributed by atoms with Gasteiger partial charge < -0.3 is 14.8 Å². The Kier molecular flexibility index (Phi) is 5.33. The molecule has 132 valence electrons. The van der Waals surface area contributed by atoms with E-state index in [4.69, 9.17) is 9.47 Å². The number of rotatable bonds is 5. The average Bonchev–Trinajstić information content (AvgIpc) is 3.13. The first-order valence-electron chi connectivity index (χ1n) is 8.38. The normalized spacial score (nSPS) is 15.6. The molecule has 1 saturated carbocycles. The third-order valence-electron chi connectivity index (χ3n) is 4.94. The van der Waals surface area contributed by atoms with E-state index in [0.29, 0.717) is 17.2 Å². The molecule has 1 N–H and O–H groups in total. The molecule has 2 aromatic carbocycles. The van der Waals surface area contributed by atoms with E-state index in [1.807, 2.05) is 30.3 Å². The van der Waals surface area contributed by atoms with Crippen LogP contribution in [-0.4, -0.2) is 20.1 Å². The molecule has 1 aliphatic carbocycles. The van der Waals surface area contributed by atoms with E-state index in [9.17, 15) is 4.79 Å². The standard InChI is InChI=1S/C20H22BrNO3/c1-24-16-9-10-18(25-2)17(13-16)22-19(23)20(11-3-4-12-20)14-5-7-15(21)8-6-14/h5-10,13H,3-4,11-12H2,1-2H3,(H,22,23). The molecule has 3 rings (SSSR count). The lowest BCUT2D eigenvalue weighted by Crippen LogP contribution is -2.38. The maximum absolute atomic E-state index is 13.3. The fraction of sp³-hybridized carbons (Fsp3) is 0.350. The highest BCUT2D eigenvalue weighted by Crippen LogP contribution is 2.43. The fourth-order valence-corrected chi connectivity index (χ4v) is 3.81. The SMILES string of the molecule is COc1ccc(OC)c(NC(=O)C2(c3ccc(Br)cc3)CCCC2)c1. The molecule has 1 aliphatic rings. The van der Waals surface area contributed by atoms with Crippen LogP contribution in [0.25, 0.3) is 0 Å². The maximum atomic E-state index is 13.3. The van der Waals surface area contributed by atoms with Gasteiger partial charge in [-0.05, 0) is 42.7 Å². The summed E-state index contributed by atoms with van der Waals surface area (Å²) in [4.78, 5) is 13.3.